The normalized spacial score (nSPS) is 10.4. The fraction of sp³-hybridized carbons (Fsp3) is 0.0588. The SMILES string of the molecule is COC(=O)c1cc(Cl)c(Cl)cc1NC(=O)c1ccc(-n2ccnc2)cn1. The first-order valence-corrected chi connectivity index (χ1v) is 8.08. The summed E-state index contributed by atoms with van der Waals surface area (Å²) >= 11 is 11.9. The molecule has 0 saturated carbocycles. The van der Waals surface area contributed by atoms with E-state index in [-0.39, 0.29) is 27.0 Å². The first-order valence-electron chi connectivity index (χ1n) is 7.32. The molecule has 1 aromatic carbocycles. The Bertz CT molecular complexity index is 957. The van der Waals surface area contributed by atoms with Crippen LogP contribution in [0.4, 0.5) is 5.69 Å². The second-order valence-electron chi connectivity index (χ2n) is 5.13. The van der Waals surface area contributed by atoms with E-state index in [0.29, 0.717) is 0 Å². The average molecular weight is 391 g/mol. The van der Waals surface area contributed by atoms with Crippen molar-refractivity contribution < 1.29 is 14.3 Å². The van der Waals surface area contributed by atoms with Gasteiger partial charge in [0, 0.05) is 12.4 Å². The van der Waals surface area contributed by atoms with Crippen LogP contribution in [0.5, 0.6) is 0 Å². The lowest BCUT2D eigenvalue weighted by Gasteiger charge is -2.11. The van der Waals surface area contributed by atoms with Crippen molar-refractivity contribution in [3.63, 3.8) is 0 Å². The van der Waals surface area contributed by atoms with E-state index in [9.17, 15) is 9.59 Å². The zero-order chi connectivity index (χ0) is 18.7. The summed E-state index contributed by atoms with van der Waals surface area (Å²) in [6.45, 7) is 0. The van der Waals surface area contributed by atoms with Crippen LogP contribution in [0.25, 0.3) is 5.69 Å². The quantitative estimate of drug-likeness (QED) is 0.687. The van der Waals surface area contributed by atoms with Gasteiger partial charge in [-0.3, -0.25) is 4.79 Å². The summed E-state index contributed by atoms with van der Waals surface area (Å²) in [5.41, 5.74) is 1.18. The number of aromatic nitrogens is 3. The predicted molar refractivity (Wildman–Crippen MR) is 97.1 cm³/mol. The number of rotatable bonds is 4. The molecule has 1 amide bonds. The van der Waals surface area contributed by atoms with Gasteiger partial charge in [-0.25, -0.2) is 14.8 Å². The van der Waals surface area contributed by atoms with Crippen LogP contribution in [0.15, 0.2) is 49.2 Å². The van der Waals surface area contributed by atoms with Crippen LogP contribution >= 0.6 is 23.2 Å². The summed E-state index contributed by atoms with van der Waals surface area (Å²) in [4.78, 5) is 32.4. The molecule has 1 N–H and O–H groups in total. The summed E-state index contributed by atoms with van der Waals surface area (Å²) in [5.74, 6) is -1.16. The van der Waals surface area contributed by atoms with Gasteiger partial charge in [0.25, 0.3) is 5.91 Å². The van der Waals surface area contributed by atoms with Crippen LogP contribution in [0.2, 0.25) is 10.0 Å². The number of anilines is 1. The van der Waals surface area contributed by atoms with Crippen molar-refractivity contribution in [3.8, 4) is 5.69 Å². The first-order chi connectivity index (χ1) is 12.5. The third-order valence-electron chi connectivity index (χ3n) is 3.50. The number of nitrogens with one attached hydrogen (secondary N) is 1. The molecular weight excluding hydrogens is 379 g/mol. The molecule has 0 spiro atoms. The highest BCUT2D eigenvalue weighted by atomic mass is 35.5. The number of hydrogen-bond acceptors (Lipinski definition) is 5. The largest absolute Gasteiger partial charge is 0.465 e. The molecule has 3 rings (SSSR count). The standard InChI is InChI=1S/C17H12Cl2N4O3/c1-26-17(25)11-6-12(18)13(19)7-15(11)22-16(24)14-3-2-10(8-21-14)23-5-4-20-9-23/h2-9H,1H3,(H,22,24). The van der Waals surface area contributed by atoms with Crippen LogP contribution < -0.4 is 5.32 Å². The number of carbonyl (C=O) groups is 2. The molecule has 9 heteroatoms. The van der Waals surface area contributed by atoms with E-state index in [1.54, 1.807) is 35.4 Å². The smallest absolute Gasteiger partial charge is 0.340 e. The molecule has 7 nitrogen and oxygen atoms in total. The maximum absolute atomic E-state index is 12.5. The molecule has 0 aliphatic carbocycles. The molecule has 132 valence electrons. The topological polar surface area (TPSA) is 86.1 Å². The third kappa shape index (κ3) is 3.68. The molecule has 26 heavy (non-hydrogen) atoms. The predicted octanol–water partition coefficient (Wildman–Crippen LogP) is 3.61. The van der Waals surface area contributed by atoms with Crippen molar-refractivity contribution in [2.24, 2.45) is 0 Å². The van der Waals surface area contributed by atoms with Gasteiger partial charge < -0.3 is 14.6 Å². The molecule has 0 aliphatic rings. The zero-order valence-electron chi connectivity index (χ0n) is 13.4. The summed E-state index contributed by atoms with van der Waals surface area (Å²) in [7, 11) is 1.23. The van der Waals surface area contributed by atoms with Crippen molar-refractivity contribution in [2.45, 2.75) is 0 Å². The second kappa shape index (κ2) is 7.55. The van der Waals surface area contributed by atoms with E-state index in [4.69, 9.17) is 27.9 Å². The molecule has 0 unspecified atom stereocenters. The Labute approximate surface area is 158 Å². The van der Waals surface area contributed by atoms with E-state index < -0.39 is 11.9 Å². The minimum Gasteiger partial charge on any atom is -0.465 e. The highest BCUT2D eigenvalue weighted by Gasteiger charge is 2.18. The Balaban J connectivity index is 1.86. The van der Waals surface area contributed by atoms with Gasteiger partial charge in [-0.05, 0) is 24.3 Å². The van der Waals surface area contributed by atoms with Crippen molar-refractivity contribution >= 4 is 40.8 Å². The fourth-order valence-corrected chi connectivity index (χ4v) is 2.53. The van der Waals surface area contributed by atoms with Crippen LogP contribution in [0.3, 0.4) is 0 Å². The molecule has 0 radical (unpaired) electrons. The first kappa shape index (κ1) is 17.9. The van der Waals surface area contributed by atoms with Crippen molar-refractivity contribution in [1.29, 1.82) is 0 Å². The Morgan fingerprint density at radius 2 is 1.96 bits per heavy atom. The highest BCUT2D eigenvalue weighted by Crippen LogP contribution is 2.30. The number of carbonyl (C=O) groups excluding carboxylic acids is 2. The molecule has 0 atom stereocenters. The maximum Gasteiger partial charge on any atom is 0.340 e. The average Bonchev–Trinajstić information content (AvgIpc) is 3.18. The fourth-order valence-electron chi connectivity index (χ4n) is 2.20. The van der Waals surface area contributed by atoms with Gasteiger partial charge >= 0.3 is 5.97 Å². The minimum atomic E-state index is -0.651. The molecule has 2 heterocycles. The van der Waals surface area contributed by atoms with E-state index in [0.717, 1.165) is 5.69 Å². The van der Waals surface area contributed by atoms with E-state index in [2.05, 4.69) is 15.3 Å². The summed E-state index contributed by atoms with van der Waals surface area (Å²) < 4.78 is 6.45. The monoisotopic (exact) mass is 390 g/mol. The van der Waals surface area contributed by atoms with Crippen molar-refractivity contribution in [3.05, 3.63) is 70.5 Å². The third-order valence-corrected chi connectivity index (χ3v) is 4.22. The van der Waals surface area contributed by atoms with Crippen LogP contribution in [0.1, 0.15) is 20.8 Å². The van der Waals surface area contributed by atoms with Crippen LogP contribution in [-0.4, -0.2) is 33.5 Å². The molecular formula is C17H12Cl2N4O3. The Morgan fingerprint density at radius 1 is 1.19 bits per heavy atom. The maximum atomic E-state index is 12.5. The van der Waals surface area contributed by atoms with Gasteiger partial charge in [0.2, 0.25) is 0 Å². The lowest BCUT2D eigenvalue weighted by Crippen LogP contribution is -2.17. The number of hydrogen-bond donors (Lipinski definition) is 1. The number of pyridine rings is 1. The molecule has 0 bridgehead atoms. The van der Waals surface area contributed by atoms with Gasteiger partial charge in [0.15, 0.2) is 0 Å². The molecule has 0 saturated heterocycles. The molecule has 0 fully saturated rings. The number of amides is 1. The van der Waals surface area contributed by atoms with E-state index in [1.807, 2.05) is 0 Å². The number of nitrogens with zero attached hydrogens (tertiary/aromatic N) is 3. The molecule has 2 aromatic heterocycles. The van der Waals surface area contributed by atoms with Gasteiger partial charge in [-0.15, -0.1) is 0 Å². The summed E-state index contributed by atoms with van der Waals surface area (Å²) in [6.07, 6.45) is 6.55. The second-order valence-corrected chi connectivity index (χ2v) is 5.94. The zero-order valence-corrected chi connectivity index (χ0v) is 15.0. The van der Waals surface area contributed by atoms with Gasteiger partial charge in [0.1, 0.15) is 5.69 Å². The lowest BCUT2D eigenvalue weighted by atomic mass is 10.1. The molecule has 3 aromatic rings. The van der Waals surface area contributed by atoms with Crippen molar-refractivity contribution in [2.75, 3.05) is 12.4 Å². The number of benzene rings is 1. The van der Waals surface area contributed by atoms with E-state index in [1.165, 1.54) is 25.4 Å². The Hall–Kier alpha value is -2.90. The highest BCUT2D eigenvalue weighted by molar-refractivity contribution is 6.42. The van der Waals surface area contributed by atoms with Crippen LogP contribution in [0, 0.1) is 0 Å². The summed E-state index contributed by atoms with van der Waals surface area (Å²) in [5, 5.41) is 2.97. The number of imidazole rings is 1. The lowest BCUT2D eigenvalue weighted by molar-refractivity contribution is 0.0602. The van der Waals surface area contributed by atoms with Gasteiger partial charge in [-0.1, -0.05) is 23.2 Å². The van der Waals surface area contributed by atoms with E-state index >= 15 is 0 Å². The number of halogens is 2. The Kier molecular flexibility index (Phi) is 5.20. The number of methoxy groups -OCH3 is 1. The molecule has 0 aliphatic heterocycles. The van der Waals surface area contributed by atoms with Gasteiger partial charge in [-0.2, -0.15) is 0 Å². The number of ether oxygens (including phenoxy) is 1. The van der Waals surface area contributed by atoms with Gasteiger partial charge in [0.05, 0.1) is 46.6 Å². The summed E-state index contributed by atoms with van der Waals surface area (Å²) in [6, 6.07) is 5.99. The number of esters is 1. The van der Waals surface area contributed by atoms with Crippen LogP contribution in [-0.2, 0) is 4.74 Å². The van der Waals surface area contributed by atoms with Crippen molar-refractivity contribution in [1.82, 2.24) is 14.5 Å². The Morgan fingerprint density at radius 3 is 2.58 bits per heavy atom. The minimum absolute atomic E-state index is 0.0882.